The van der Waals surface area contributed by atoms with E-state index >= 15 is 0 Å². The Morgan fingerprint density at radius 3 is 2.74 bits per heavy atom. The van der Waals surface area contributed by atoms with Crippen LogP contribution in [0, 0.1) is 12.7 Å². The van der Waals surface area contributed by atoms with Gasteiger partial charge in [-0.3, -0.25) is 14.2 Å². The number of aliphatic hydroxyl groups is 1. The lowest BCUT2D eigenvalue weighted by molar-refractivity contribution is -0.117. The number of anilines is 1. The zero-order chi connectivity index (χ0) is 26.6. The van der Waals surface area contributed by atoms with Gasteiger partial charge in [0.2, 0.25) is 0 Å². The van der Waals surface area contributed by atoms with Gasteiger partial charge in [0.05, 0.1) is 33.6 Å². The fraction of sp³-hybridized carbons (Fsp3) is 0.115. The Bertz CT molecular complexity index is 1860. The van der Waals surface area contributed by atoms with Gasteiger partial charge in [0.15, 0.2) is 11.2 Å². The number of rotatable bonds is 4. The predicted molar refractivity (Wildman–Crippen MR) is 143 cm³/mol. The first-order chi connectivity index (χ1) is 18.3. The second kappa shape index (κ2) is 9.08. The van der Waals surface area contributed by atoms with E-state index in [4.69, 9.17) is 5.73 Å². The smallest absolute Gasteiger partial charge is 0.263 e. The van der Waals surface area contributed by atoms with E-state index in [2.05, 4.69) is 20.4 Å². The highest BCUT2D eigenvalue weighted by Gasteiger charge is 2.27. The van der Waals surface area contributed by atoms with Crippen LogP contribution in [0.1, 0.15) is 17.0 Å². The van der Waals surface area contributed by atoms with E-state index in [1.165, 1.54) is 27.7 Å². The highest BCUT2D eigenvalue weighted by Crippen LogP contribution is 2.31. The molecule has 10 nitrogen and oxygen atoms in total. The number of carbonyl (C=O) groups is 1. The minimum Gasteiger partial charge on any atom is -0.383 e. The summed E-state index contributed by atoms with van der Waals surface area (Å²) >= 11 is 0.940. The number of fused-ring (bicyclic) bond motifs is 2. The Hall–Kier alpha value is -4.55. The summed E-state index contributed by atoms with van der Waals surface area (Å²) in [4.78, 5) is 34.6. The van der Waals surface area contributed by atoms with Crippen molar-refractivity contribution in [1.29, 1.82) is 0 Å². The number of hydrogen-bond donors (Lipinski definition) is 3. The van der Waals surface area contributed by atoms with Crippen molar-refractivity contribution >= 4 is 51.4 Å². The molecule has 0 saturated carbocycles. The molecule has 0 aliphatic carbocycles. The normalized spacial score (nSPS) is 16.6. The van der Waals surface area contributed by atoms with E-state index in [1.54, 1.807) is 18.2 Å². The molecule has 3 aromatic heterocycles. The topological polar surface area (TPSA) is 141 Å². The fourth-order valence-corrected chi connectivity index (χ4v) is 5.39. The molecule has 38 heavy (non-hydrogen) atoms. The molecule has 0 spiro atoms. The summed E-state index contributed by atoms with van der Waals surface area (Å²) in [6, 6.07) is 13.4. The summed E-state index contributed by atoms with van der Waals surface area (Å²) in [5.41, 5.74) is 6.77. The van der Waals surface area contributed by atoms with Crippen LogP contribution in [0.5, 0.6) is 0 Å². The van der Waals surface area contributed by atoms with Gasteiger partial charge < -0.3 is 16.2 Å². The highest BCUT2D eigenvalue weighted by molar-refractivity contribution is 8.05. The Kier molecular flexibility index (Phi) is 5.69. The van der Waals surface area contributed by atoms with Gasteiger partial charge >= 0.3 is 0 Å². The van der Waals surface area contributed by atoms with Crippen LogP contribution < -0.4 is 16.6 Å². The van der Waals surface area contributed by atoms with Crippen LogP contribution in [0.3, 0.4) is 0 Å². The predicted octanol–water partition coefficient (Wildman–Crippen LogP) is 2.69. The number of carbonyl (C=O) groups excluding carboxylic acids is 1. The number of thioether (sulfide) groups is 1. The van der Waals surface area contributed by atoms with Gasteiger partial charge in [-0.05, 0) is 42.1 Å². The average molecular weight is 530 g/mol. The molecule has 1 amide bonds. The zero-order valence-corrected chi connectivity index (χ0v) is 20.7. The molecule has 0 bridgehead atoms. The van der Waals surface area contributed by atoms with Crippen LogP contribution >= 0.6 is 11.8 Å². The first kappa shape index (κ1) is 23.8. The largest absolute Gasteiger partial charge is 0.383 e. The number of nitrogen functional groups attached to an aromatic ring is 1. The Balaban J connectivity index is 1.58. The maximum absolute atomic E-state index is 15.0. The summed E-state index contributed by atoms with van der Waals surface area (Å²) in [5, 5.41) is 18.4. The summed E-state index contributed by atoms with van der Waals surface area (Å²) in [6.45, 7) is 1.87. The van der Waals surface area contributed by atoms with E-state index in [9.17, 15) is 19.1 Å². The van der Waals surface area contributed by atoms with Crippen molar-refractivity contribution in [3.63, 3.8) is 0 Å². The van der Waals surface area contributed by atoms with Crippen molar-refractivity contribution in [2.75, 3.05) is 5.73 Å². The Labute approximate surface area is 218 Å². The average Bonchev–Trinajstić information content (AvgIpc) is 3.39. The number of amides is 1. The van der Waals surface area contributed by atoms with E-state index in [-0.39, 0.29) is 28.5 Å². The SMILES string of the molecule is Cc1cccc2cc(Cn3nc(/C=C4/SC(O)NC4=O)c4c(N)ncnc43)n(-c3ccccc3F)c(=O)c12. The van der Waals surface area contributed by atoms with E-state index < -0.39 is 17.3 Å². The molecule has 1 aliphatic rings. The van der Waals surface area contributed by atoms with Crippen LogP contribution in [0.15, 0.2) is 64.6 Å². The lowest BCUT2D eigenvalue weighted by Gasteiger charge is -2.16. The molecule has 4 N–H and O–H groups in total. The quantitative estimate of drug-likeness (QED) is 0.302. The van der Waals surface area contributed by atoms with Gasteiger partial charge in [-0.25, -0.2) is 19.0 Å². The lowest BCUT2D eigenvalue weighted by atomic mass is 10.1. The Morgan fingerprint density at radius 1 is 1.16 bits per heavy atom. The maximum Gasteiger partial charge on any atom is 0.263 e. The monoisotopic (exact) mass is 529 g/mol. The molecule has 1 saturated heterocycles. The molecule has 2 aromatic carbocycles. The number of nitrogens with one attached hydrogen (secondary N) is 1. The van der Waals surface area contributed by atoms with Gasteiger partial charge in [-0.15, -0.1) is 0 Å². The number of hydrogen-bond acceptors (Lipinski definition) is 8. The molecule has 5 aromatic rings. The van der Waals surface area contributed by atoms with Crippen molar-refractivity contribution in [3.8, 4) is 5.69 Å². The molecule has 190 valence electrons. The van der Waals surface area contributed by atoms with Gasteiger partial charge in [-0.2, -0.15) is 5.10 Å². The number of halogens is 1. The van der Waals surface area contributed by atoms with Crippen molar-refractivity contribution in [2.24, 2.45) is 0 Å². The van der Waals surface area contributed by atoms with Crippen molar-refractivity contribution in [2.45, 2.75) is 19.0 Å². The molecule has 1 atom stereocenters. The number of aliphatic hydroxyl groups excluding tert-OH is 1. The number of aromatic nitrogens is 5. The number of para-hydroxylation sites is 1. The first-order valence-electron chi connectivity index (χ1n) is 11.6. The van der Waals surface area contributed by atoms with Crippen LogP contribution in [0.25, 0.3) is 33.6 Å². The third-order valence-corrected chi connectivity index (χ3v) is 7.21. The minimum absolute atomic E-state index is 0.0333. The van der Waals surface area contributed by atoms with Gasteiger partial charge in [-0.1, -0.05) is 42.1 Å². The molecule has 4 heterocycles. The summed E-state index contributed by atoms with van der Waals surface area (Å²) in [7, 11) is 0. The van der Waals surface area contributed by atoms with Gasteiger partial charge in [0.1, 0.15) is 18.0 Å². The molecular formula is C26H20FN7O3S. The summed E-state index contributed by atoms with van der Waals surface area (Å²) in [5.74, 6) is -0.842. The number of nitrogens with two attached hydrogens (primary N) is 1. The molecule has 6 rings (SSSR count). The van der Waals surface area contributed by atoms with E-state index in [0.717, 1.165) is 17.3 Å². The molecule has 12 heteroatoms. The standard InChI is InChI=1S/C26H20FN7O3S/c1-13-5-4-6-14-9-15(34(25(36)20(13)14)18-8-3-2-7-16(18)27)11-33-23-21(22(28)29-12-30-23)17(32-33)10-19-24(35)31-26(37)38-19/h2-10,12,26,37H,11H2,1H3,(H,31,35)(H2,28,29,30)/b19-10+. The molecule has 0 radical (unpaired) electrons. The molecular weight excluding hydrogens is 509 g/mol. The summed E-state index contributed by atoms with van der Waals surface area (Å²) < 4.78 is 17.9. The van der Waals surface area contributed by atoms with Gasteiger partial charge in [0.25, 0.3) is 11.5 Å². The minimum atomic E-state index is -1.06. The van der Waals surface area contributed by atoms with Crippen molar-refractivity contribution in [3.05, 3.63) is 92.9 Å². The highest BCUT2D eigenvalue weighted by atomic mass is 32.2. The van der Waals surface area contributed by atoms with Crippen molar-refractivity contribution in [1.82, 2.24) is 29.6 Å². The molecule has 1 fully saturated rings. The second-order valence-corrected chi connectivity index (χ2v) is 9.84. The molecule has 1 aliphatic heterocycles. The molecule has 1 unspecified atom stereocenters. The summed E-state index contributed by atoms with van der Waals surface area (Å²) in [6.07, 6.45) is 2.80. The third-order valence-electron chi connectivity index (χ3n) is 6.31. The Morgan fingerprint density at radius 2 is 1.97 bits per heavy atom. The van der Waals surface area contributed by atoms with Crippen molar-refractivity contribution < 1.29 is 14.3 Å². The number of nitrogens with zero attached hydrogens (tertiary/aromatic N) is 5. The first-order valence-corrected chi connectivity index (χ1v) is 12.4. The van der Waals surface area contributed by atoms with E-state index in [1.807, 2.05) is 31.2 Å². The fourth-order valence-electron chi connectivity index (χ4n) is 4.64. The lowest BCUT2D eigenvalue weighted by Crippen LogP contribution is -2.25. The van der Waals surface area contributed by atoms with Gasteiger partial charge in [0, 0.05) is 5.69 Å². The number of benzene rings is 2. The number of pyridine rings is 1. The van der Waals surface area contributed by atoms with Crippen LogP contribution in [0.4, 0.5) is 10.2 Å². The van der Waals surface area contributed by atoms with Crippen LogP contribution in [-0.2, 0) is 11.3 Å². The maximum atomic E-state index is 15.0. The third kappa shape index (κ3) is 3.90. The van der Waals surface area contributed by atoms with Crippen LogP contribution in [0.2, 0.25) is 0 Å². The number of aryl methyl sites for hydroxylation is 1. The second-order valence-electron chi connectivity index (χ2n) is 8.72. The van der Waals surface area contributed by atoms with E-state index in [0.29, 0.717) is 33.2 Å². The van der Waals surface area contributed by atoms with Crippen LogP contribution in [-0.4, -0.2) is 40.9 Å². The zero-order valence-electron chi connectivity index (χ0n) is 19.9.